The molecule has 0 bridgehead atoms. The Hall–Kier alpha value is -1.56. The molecule has 0 fully saturated rings. The molecule has 0 saturated carbocycles. The van der Waals surface area contributed by atoms with Crippen molar-refractivity contribution < 1.29 is 0 Å². The molecule has 0 spiro atoms. The van der Waals surface area contributed by atoms with Crippen molar-refractivity contribution in [2.24, 2.45) is 0 Å². The minimum Gasteiger partial charge on any atom is -0.0764 e. The minimum absolute atomic E-state index is 1.23. The molecule has 0 unspecified atom stereocenters. The molecule has 0 saturated heterocycles. The molecule has 0 heterocycles. The Labute approximate surface area is 86.3 Å². The third kappa shape index (κ3) is 4.46. The molecule has 0 aliphatic heterocycles. The van der Waals surface area contributed by atoms with Gasteiger partial charge in [-0.15, -0.1) is 0 Å². The molecule has 0 N–H and O–H groups in total. The van der Waals surface area contributed by atoms with Crippen LogP contribution in [0.1, 0.15) is 19.4 Å². The zero-order valence-corrected chi connectivity index (χ0v) is 8.77. The van der Waals surface area contributed by atoms with Crippen LogP contribution >= 0.6 is 0 Å². The lowest BCUT2D eigenvalue weighted by molar-refractivity contribution is 1.39. The molecular formula is C14H16. The van der Waals surface area contributed by atoms with Crippen LogP contribution in [-0.2, 0) is 0 Å². The fourth-order valence-electron chi connectivity index (χ4n) is 1.04. The van der Waals surface area contributed by atoms with Gasteiger partial charge in [-0.25, -0.2) is 0 Å². The fraction of sp³-hybridized carbons (Fsp3) is 0.143. The number of benzene rings is 1. The van der Waals surface area contributed by atoms with Crippen LogP contribution in [0.15, 0.2) is 60.2 Å². The predicted molar refractivity (Wildman–Crippen MR) is 64.0 cm³/mol. The summed E-state index contributed by atoms with van der Waals surface area (Å²) in [5.41, 5.74) is 2.55. The normalized spacial score (nSPS) is 11.0. The predicted octanol–water partition coefficient (Wildman–Crippen LogP) is 4.22. The van der Waals surface area contributed by atoms with Crippen molar-refractivity contribution in [3.63, 3.8) is 0 Å². The molecule has 1 aromatic rings. The standard InChI is InChI=1S/C14H16/c1-13(2)9-5-3-6-10-14-11-7-4-8-12-14/h3-12H,1-2H3/b5-3+,10-6+. The first-order valence-electron chi connectivity index (χ1n) is 4.82. The summed E-state index contributed by atoms with van der Waals surface area (Å²) in [7, 11) is 0. The molecule has 72 valence electrons. The van der Waals surface area contributed by atoms with Gasteiger partial charge in [-0.05, 0) is 19.4 Å². The van der Waals surface area contributed by atoms with Crippen molar-refractivity contribution in [1.29, 1.82) is 0 Å². The van der Waals surface area contributed by atoms with Crippen LogP contribution < -0.4 is 0 Å². The van der Waals surface area contributed by atoms with Crippen LogP contribution in [0.5, 0.6) is 0 Å². The maximum Gasteiger partial charge on any atom is -0.0257 e. The second kappa shape index (κ2) is 5.98. The lowest BCUT2D eigenvalue weighted by Gasteiger charge is -1.88. The SMILES string of the molecule is CC(C)=C/C=C/C=C/c1ccccc1. The summed E-state index contributed by atoms with van der Waals surface area (Å²) in [4.78, 5) is 0. The van der Waals surface area contributed by atoms with Crippen LogP contribution in [-0.4, -0.2) is 0 Å². The third-order valence-corrected chi connectivity index (χ3v) is 1.74. The lowest BCUT2D eigenvalue weighted by atomic mass is 10.2. The Balaban J connectivity index is 2.50. The highest BCUT2D eigenvalue weighted by Crippen LogP contribution is 2.00. The first-order valence-corrected chi connectivity index (χ1v) is 4.82. The molecule has 14 heavy (non-hydrogen) atoms. The summed E-state index contributed by atoms with van der Waals surface area (Å²) in [5.74, 6) is 0. The van der Waals surface area contributed by atoms with E-state index in [-0.39, 0.29) is 0 Å². The van der Waals surface area contributed by atoms with Gasteiger partial charge in [0.2, 0.25) is 0 Å². The molecule has 0 amide bonds. The van der Waals surface area contributed by atoms with E-state index in [2.05, 4.69) is 50.3 Å². The van der Waals surface area contributed by atoms with E-state index in [9.17, 15) is 0 Å². The molecule has 0 aliphatic rings. The molecule has 1 aromatic carbocycles. The molecule has 0 aromatic heterocycles. The second-order valence-electron chi connectivity index (χ2n) is 3.40. The highest BCUT2D eigenvalue weighted by atomic mass is 13.8. The van der Waals surface area contributed by atoms with Gasteiger partial charge in [0.25, 0.3) is 0 Å². The third-order valence-electron chi connectivity index (χ3n) is 1.74. The molecule has 0 heteroatoms. The fourth-order valence-corrected chi connectivity index (χ4v) is 1.04. The average molecular weight is 184 g/mol. The van der Waals surface area contributed by atoms with Gasteiger partial charge in [-0.1, -0.05) is 66.3 Å². The summed E-state index contributed by atoms with van der Waals surface area (Å²) >= 11 is 0. The average Bonchev–Trinajstić information content (AvgIpc) is 2.18. The Morgan fingerprint density at radius 3 is 2.29 bits per heavy atom. The van der Waals surface area contributed by atoms with E-state index in [1.807, 2.05) is 24.3 Å². The van der Waals surface area contributed by atoms with Crippen LogP contribution in [0.2, 0.25) is 0 Å². The van der Waals surface area contributed by atoms with Gasteiger partial charge in [0, 0.05) is 0 Å². The van der Waals surface area contributed by atoms with Crippen LogP contribution in [0.25, 0.3) is 6.08 Å². The van der Waals surface area contributed by atoms with Gasteiger partial charge >= 0.3 is 0 Å². The highest BCUT2D eigenvalue weighted by Gasteiger charge is 1.79. The van der Waals surface area contributed by atoms with E-state index in [0.29, 0.717) is 0 Å². The van der Waals surface area contributed by atoms with Gasteiger partial charge in [-0.2, -0.15) is 0 Å². The Kier molecular flexibility index (Phi) is 4.49. The van der Waals surface area contributed by atoms with E-state index < -0.39 is 0 Å². The topological polar surface area (TPSA) is 0 Å². The number of rotatable bonds is 3. The minimum atomic E-state index is 1.23. The maximum atomic E-state index is 2.09. The summed E-state index contributed by atoms with van der Waals surface area (Å²) in [6.07, 6.45) is 10.3. The van der Waals surface area contributed by atoms with Gasteiger partial charge in [-0.3, -0.25) is 0 Å². The number of allylic oxidation sites excluding steroid dienone is 5. The van der Waals surface area contributed by atoms with Gasteiger partial charge < -0.3 is 0 Å². The first-order chi connectivity index (χ1) is 6.79. The summed E-state index contributed by atoms with van der Waals surface area (Å²) < 4.78 is 0. The van der Waals surface area contributed by atoms with Gasteiger partial charge in [0.1, 0.15) is 0 Å². The van der Waals surface area contributed by atoms with Crippen molar-refractivity contribution in [1.82, 2.24) is 0 Å². The zero-order valence-electron chi connectivity index (χ0n) is 8.77. The molecule has 0 radical (unpaired) electrons. The van der Waals surface area contributed by atoms with Crippen molar-refractivity contribution >= 4 is 6.08 Å². The van der Waals surface area contributed by atoms with Crippen molar-refractivity contribution in [3.05, 3.63) is 65.8 Å². The maximum absolute atomic E-state index is 2.09. The quantitative estimate of drug-likeness (QED) is 0.617. The van der Waals surface area contributed by atoms with Crippen LogP contribution in [0, 0.1) is 0 Å². The number of hydrogen-bond donors (Lipinski definition) is 0. The van der Waals surface area contributed by atoms with Crippen molar-refractivity contribution in [2.45, 2.75) is 13.8 Å². The zero-order chi connectivity index (χ0) is 10.2. The molecule has 0 aliphatic carbocycles. The Morgan fingerprint density at radius 1 is 0.929 bits per heavy atom. The summed E-state index contributed by atoms with van der Waals surface area (Å²) in [6.45, 7) is 4.18. The van der Waals surface area contributed by atoms with Crippen LogP contribution in [0.3, 0.4) is 0 Å². The van der Waals surface area contributed by atoms with Gasteiger partial charge in [0.15, 0.2) is 0 Å². The van der Waals surface area contributed by atoms with E-state index in [0.717, 1.165) is 0 Å². The Bertz CT molecular complexity index is 336. The first kappa shape index (κ1) is 10.5. The van der Waals surface area contributed by atoms with E-state index in [1.165, 1.54) is 11.1 Å². The van der Waals surface area contributed by atoms with Crippen molar-refractivity contribution in [3.8, 4) is 0 Å². The lowest BCUT2D eigenvalue weighted by Crippen LogP contribution is -1.66. The smallest absolute Gasteiger partial charge is 0.0257 e. The largest absolute Gasteiger partial charge is 0.0764 e. The monoisotopic (exact) mass is 184 g/mol. The van der Waals surface area contributed by atoms with E-state index in [4.69, 9.17) is 0 Å². The molecule has 0 atom stereocenters. The summed E-state index contributed by atoms with van der Waals surface area (Å²) in [6, 6.07) is 10.3. The van der Waals surface area contributed by atoms with Gasteiger partial charge in [0.05, 0.1) is 0 Å². The summed E-state index contributed by atoms with van der Waals surface area (Å²) in [5, 5.41) is 0. The molecular weight excluding hydrogens is 168 g/mol. The Morgan fingerprint density at radius 2 is 1.64 bits per heavy atom. The molecule has 0 nitrogen and oxygen atoms in total. The highest BCUT2D eigenvalue weighted by molar-refractivity contribution is 5.50. The van der Waals surface area contributed by atoms with E-state index >= 15 is 0 Å². The number of hydrogen-bond acceptors (Lipinski definition) is 0. The molecule has 1 rings (SSSR count). The van der Waals surface area contributed by atoms with Crippen molar-refractivity contribution in [2.75, 3.05) is 0 Å². The second-order valence-corrected chi connectivity index (χ2v) is 3.40. The van der Waals surface area contributed by atoms with Crippen LogP contribution in [0.4, 0.5) is 0 Å². The van der Waals surface area contributed by atoms with E-state index in [1.54, 1.807) is 0 Å².